The lowest BCUT2D eigenvalue weighted by molar-refractivity contribution is -0.131. The lowest BCUT2D eigenvalue weighted by atomic mass is 10.1. The van der Waals surface area contributed by atoms with Crippen LogP contribution in [0.25, 0.3) is 0 Å². The van der Waals surface area contributed by atoms with Crippen molar-refractivity contribution in [2.45, 2.75) is 27.2 Å². The number of hydrogen-bond acceptors (Lipinski definition) is 4. The van der Waals surface area contributed by atoms with Crippen LogP contribution >= 0.6 is 12.4 Å². The smallest absolute Gasteiger partial charge is 0.308 e. The fourth-order valence-electron chi connectivity index (χ4n) is 1.82. The predicted molar refractivity (Wildman–Crippen MR) is 81.7 cm³/mol. The van der Waals surface area contributed by atoms with Crippen LogP contribution < -0.4 is 4.74 Å². The molecule has 1 aromatic rings. The van der Waals surface area contributed by atoms with Crippen LogP contribution in [0, 0.1) is 0 Å². The summed E-state index contributed by atoms with van der Waals surface area (Å²) in [4.78, 5) is 25.0. The van der Waals surface area contributed by atoms with E-state index in [2.05, 4.69) is 18.7 Å². The molecule has 0 saturated carbocycles. The second kappa shape index (κ2) is 9.50. The molecule has 0 amide bonds. The van der Waals surface area contributed by atoms with Crippen LogP contribution in [0.2, 0.25) is 0 Å². The molecule has 20 heavy (non-hydrogen) atoms. The van der Waals surface area contributed by atoms with E-state index < -0.39 is 0 Å². The third-order valence-electron chi connectivity index (χ3n) is 2.99. The van der Waals surface area contributed by atoms with Gasteiger partial charge >= 0.3 is 5.97 Å². The fourth-order valence-corrected chi connectivity index (χ4v) is 1.82. The minimum Gasteiger partial charge on any atom is -0.427 e. The SMILES string of the molecule is CCN(CC)CCC(=O)c1ccc(OC(C)=O)cc1.Cl. The number of ketones is 1. The fraction of sp³-hybridized carbons (Fsp3) is 0.467. The molecule has 0 unspecified atom stereocenters. The molecule has 0 heterocycles. The second-order valence-corrected chi connectivity index (χ2v) is 4.32. The van der Waals surface area contributed by atoms with E-state index in [1.54, 1.807) is 24.3 Å². The van der Waals surface area contributed by atoms with Gasteiger partial charge in [0.2, 0.25) is 0 Å². The van der Waals surface area contributed by atoms with Gasteiger partial charge in [-0.2, -0.15) is 0 Å². The number of carbonyl (C=O) groups is 2. The highest BCUT2D eigenvalue weighted by Gasteiger charge is 2.08. The summed E-state index contributed by atoms with van der Waals surface area (Å²) in [6.07, 6.45) is 0.509. The Morgan fingerprint density at radius 1 is 1.10 bits per heavy atom. The first-order valence-corrected chi connectivity index (χ1v) is 6.60. The van der Waals surface area contributed by atoms with Crippen molar-refractivity contribution in [3.63, 3.8) is 0 Å². The van der Waals surface area contributed by atoms with Crippen molar-refractivity contribution in [1.29, 1.82) is 0 Å². The number of hydrogen-bond donors (Lipinski definition) is 0. The molecule has 0 N–H and O–H groups in total. The van der Waals surface area contributed by atoms with E-state index in [1.165, 1.54) is 6.92 Å². The van der Waals surface area contributed by atoms with Gasteiger partial charge in [-0.3, -0.25) is 9.59 Å². The Morgan fingerprint density at radius 3 is 2.10 bits per heavy atom. The molecule has 0 bridgehead atoms. The van der Waals surface area contributed by atoms with Gasteiger partial charge in [-0.1, -0.05) is 13.8 Å². The van der Waals surface area contributed by atoms with E-state index in [-0.39, 0.29) is 24.2 Å². The Hall–Kier alpha value is -1.39. The number of rotatable bonds is 7. The van der Waals surface area contributed by atoms with Gasteiger partial charge in [-0.15, -0.1) is 12.4 Å². The van der Waals surface area contributed by atoms with E-state index >= 15 is 0 Å². The van der Waals surface area contributed by atoms with Crippen LogP contribution in [0.1, 0.15) is 37.6 Å². The molecular weight excluding hydrogens is 278 g/mol. The maximum Gasteiger partial charge on any atom is 0.308 e. The number of benzene rings is 1. The molecule has 0 aliphatic rings. The van der Waals surface area contributed by atoms with Crippen LogP contribution in [0.5, 0.6) is 5.75 Å². The largest absolute Gasteiger partial charge is 0.427 e. The molecule has 1 rings (SSSR count). The number of nitrogens with zero attached hydrogens (tertiary/aromatic N) is 1. The summed E-state index contributed by atoms with van der Waals surface area (Å²) >= 11 is 0. The molecule has 4 nitrogen and oxygen atoms in total. The summed E-state index contributed by atoms with van der Waals surface area (Å²) in [5, 5.41) is 0. The minimum absolute atomic E-state index is 0. The summed E-state index contributed by atoms with van der Waals surface area (Å²) in [5.74, 6) is 0.217. The quantitative estimate of drug-likeness (QED) is 0.441. The highest BCUT2D eigenvalue weighted by Crippen LogP contribution is 2.13. The predicted octanol–water partition coefficient (Wildman–Crippen LogP) is 2.95. The first-order valence-electron chi connectivity index (χ1n) is 6.60. The van der Waals surface area contributed by atoms with Gasteiger partial charge in [0.15, 0.2) is 5.78 Å². The maximum absolute atomic E-state index is 12.0. The average Bonchev–Trinajstić information content (AvgIpc) is 2.39. The molecule has 0 aliphatic carbocycles. The molecule has 0 atom stereocenters. The Labute approximate surface area is 126 Å². The van der Waals surface area contributed by atoms with Gasteiger partial charge in [0, 0.05) is 25.5 Å². The van der Waals surface area contributed by atoms with E-state index in [0.717, 1.165) is 19.6 Å². The lowest BCUT2D eigenvalue weighted by Crippen LogP contribution is -2.25. The zero-order valence-corrected chi connectivity index (χ0v) is 13.0. The molecule has 0 radical (unpaired) electrons. The van der Waals surface area contributed by atoms with Crippen molar-refractivity contribution in [1.82, 2.24) is 4.90 Å². The van der Waals surface area contributed by atoms with Crippen LogP contribution in [0.4, 0.5) is 0 Å². The van der Waals surface area contributed by atoms with E-state index in [4.69, 9.17) is 4.74 Å². The van der Waals surface area contributed by atoms with Crippen LogP contribution in [0.3, 0.4) is 0 Å². The van der Waals surface area contributed by atoms with Gasteiger partial charge in [-0.25, -0.2) is 0 Å². The maximum atomic E-state index is 12.0. The van der Waals surface area contributed by atoms with Crippen molar-refractivity contribution >= 4 is 24.2 Å². The van der Waals surface area contributed by atoms with Gasteiger partial charge in [0.05, 0.1) is 0 Å². The molecule has 0 aliphatic heterocycles. The monoisotopic (exact) mass is 299 g/mol. The van der Waals surface area contributed by atoms with Crippen molar-refractivity contribution in [2.24, 2.45) is 0 Å². The molecule has 0 aromatic heterocycles. The molecular formula is C15H22ClNO3. The highest BCUT2D eigenvalue weighted by molar-refractivity contribution is 5.96. The van der Waals surface area contributed by atoms with Crippen LogP contribution in [0.15, 0.2) is 24.3 Å². The number of Topliss-reactive ketones (excluding diaryl/α,β-unsaturated/α-hetero) is 1. The summed E-state index contributed by atoms with van der Waals surface area (Å²) in [5.41, 5.74) is 0.656. The average molecular weight is 300 g/mol. The summed E-state index contributed by atoms with van der Waals surface area (Å²) in [7, 11) is 0. The molecule has 0 fully saturated rings. The third-order valence-corrected chi connectivity index (χ3v) is 2.99. The van der Waals surface area contributed by atoms with Crippen molar-refractivity contribution in [3.05, 3.63) is 29.8 Å². The highest BCUT2D eigenvalue weighted by atomic mass is 35.5. The number of esters is 1. The molecule has 0 spiro atoms. The lowest BCUT2D eigenvalue weighted by Gasteiger charge is -2.17. The number of carbonyl (C=O) groups excluding carboxylic acids is 2. The van der Waals surface area contributed by atoms with Gasteiger partial charge in [0.25, 0.3) is 0 Å². The van der Waals surface area contributed by atoms with Crippen molar-refractivity contribution in [3.8, 4) is 5.75 Å². The Morgan fingerprint density at radius 2 is 1.65 bits per heavy atom. The Kier molecular flexibility index (Phi) is 8.84. The van der Waals surface area contributed by atoms with Gasteiger partial charge in [0.1, 0.15) is 5.75 Å². The van der Waals surface area contributed by atoms with Gasteiger partial charge in [-0.05, 0) is 37.4 Å². The molecule has 5 heteroatoms. The van der Waals surface area contributed by atoms with Crippen molar-refractivity contribution < 1.29 is 14.3 Å². The summed E-state index contributed by atoms with van der Waals surface area (Å²) < 4.78 is 4.92. The van der Waals surface area contributed by atoms with E-state index in [0.29, 0.717) is 17.7 Å². The minimum atomic E-state index is -0.361. The second-order valence-electron chi connectivity index (χ2n) is 4.32. The third kappa shape index (κ3) is 6.17. The van der Waals surface area contributed by atoms with Gasteiger partial charge < -0.3 is 9.64 Å². The first-order chi connectivity index (χ1) is 9.06. The van der Waals surface area contributed by atoms with Crippen LogP contribution in [-0.2, 0) is 4.79 Å². The first kappa shape index (κ1) is 18.6. The summed E-state index contributed by atoms with van der Waals surface area (Å²) in [6, 6.07) is 6.68. The standard InChI is InChI=1S/C15H21NO3.ClH/c1-4-16(5-2)11-10-15(18)13-6-8-14(9-7-13)19-12(3)17;/h6-9H,4-5,10-11H2,1-3H3;1H. The Bertz CT molecular complexity index is 427. The number of ether oxygens (including phenoxy) is 1. The Balaban J connectivity index is 0.00000361. The van der Waals surface area contributed by atoms with Crippen LogP contribution in [-0.4, -0.2) is 36.3 Å². The molecule has 112 valence electrons. The zero-order chi connectivity index (χ0) is 14.3. The topological polar surface area (TPSA) is 46.6 Å². The molecule has 0 saturated heterocycles. The normalized spacial score (nSPS) is 10.0. The molecule has 1 aromatic carbocycles. The zero-order valence-electron chi connectivity index (χ0n) is 12.2. The van der Waals surface area contributed by atoms with E-state index in [9.17, 15) is 9.59 Å². The number of halogens is 1. The van der Waals surface area contributed by atoms with E-state index in [1.807, 2.05) is 0 Å². The van der Waals surface area contributed by atoms with Crippen molar-refractivity contribution in [2.75, 3.05) is 19.6 Å². The summed E-state index contributed by atoms with van der Waals surface area (Å²) in [6.45, 7) is 8.20.